The summed E-state index contributed by atoms with van der Waals surface area (Å²) in [5.74, 6) is -0.255. The summed E-state index contributed by atoms with van der Waals surface area (Å²) in [4.78, 5) is 11.3. The molecule has 1 aromatic carbocycles. The van der Waals surface area contributed by atoms with E-state index in [-0.39, 0.29) is 30.8 Å². The van der Waals surface area contributed by atoms with E-state index in [4.69, 9.17) is 10.5 Å². The Morgan fingerprint density at radius 3 is 2.76 bits per heavy atom. The summed E-state index contributed by atoms with van der Waals surface area (Å²) in [6.07, 6.45) is 0.213. The van der Waals surface area contributed by atoms with Gasteiger partial charge in [0.25, 0.3) is 0 Å². The topological polar surface area (TPSA) is 52.3 Å². The van der Waals surface area contributed by atoms with Gasteiger partial charge in [-0.25, -0.2) is 0 Å². The molecular formula is C12H17BrClNO2. The van der Waals surface area contributed by atoms with Crippen molar-refractivity contribution < 1.29 is 9.53 Å². The first-order chi connectivity index (χ1) is 7.54. The number of ether oxygens (including phenoxy) is 1. The smallest absolute Gasteiger partial charge is 0.307 e. The zero-order valence-electron chi connectivity index (χ0n) is 9.90. The molecule has 0 bridgehead atoms. The third-order valence-electron chi connectivity index (χ3n) is 2.33. The minimum Gasteiger partial charge on any atom is -0.466 e. The number of aryl methyl sites for hydroxylation is 1. The van der Waals surface area contributed by atoms with Crippen LogP contribution in [0.2, 0.25) is 0 Å². The van der Waals surface area contributed by atoms with Gasteiger partial charge in [0.1, 0.15) is 0 Å². The lowest BCUT2D eigenvalue weighted by molar-refractivity contribution is -0.143. The fourth-order valence-electron chi connectivity index (χ4n) is 1.52. The van der Waals surface area contributed by atoms with E-state index in [9.17, 15) is 4.79 Å². The molecular weight excluding hydrogens is 305 g/mol. The van der Waals surface area contributed by atoms with Crippen LogP contribution in [0.15, 0.2) is 22.7 Å². The molecule has 0 amide bonds. The summed E-state index contributed by atoms with van der Waals surface area (Å²) in [5.41, 5.74) is 8.03. The molecule has 5 heteroatoms. The normalized spacial score (nSPS) is 11.5. The molecule has 17 heavy (non-hydrogen) atoms. The van der Waals surface area contributed by atoms with Crippen molar-refractivity contribution in [2.45, 2.75) is 26.3 Å². The Kier molecular flexibility index (Phi) is 7.43. The molecule has 0 fully saturated rings. The van der Waals surface area contributed by atoms with Gasteiger partial charge >= 0.3 is 5.97 Å². The zero-order chi connectivity index (χ0) is 12.1. The Morgan fingerprint density at radius 1 is 1.53 bits per heavy atom. The van der Waals surface area contributed by atoms with Crippen LogP contribution < -0.4 is 5.73 Å². The Hall–Kier alpha value is -0.580. The van der Waals surface area contributed by atoms with E-state index in [1.165, 1.54) is 0 Å². The maximum atomic E-state index is 11.3. The van der Waals surface area contributed by atoms with Crippen molar-refractivity contribution in [1.29, 1.82) is 0 Å². The second-order valence-corrected chi connectivity index (χ2v) is 4.53. The molecule has 1 aromatic rings. The summed E-state index contributed by atoms with van der Waals surface area (Å²) in [5, 5.41) is 0. The molecule has 0 aromatic heterocycles. The maximum absolute atomic E-state index is 11.3. The molecule has 1 rings (SSSR count). The van der Waals surface area contributed by atoms with E-state index in [1.807, 2.05) is 25.1 Å². The number of halogens is 2. The Bertz CT molecular complexity index is 385. The fraction of sp³-hybridized carbons (Fsp3) is 0.417. The molecule has 0 aliphatic carbocycles. The predicted molar refractivity (Wildman–Crippen MR) is 74.3 cm³/mol. The number of carbonyl (C=O) groups excluding carboxylic acids is 1. The highest BCUT2D eigenvalue weighted by atomic mass is 79.9. The van der Waals surface area contributed by atoms with E-state index >= 15 is 0 Å². The highest BCUT2D eigenvalue weighted by Gasteiger charge is 2.14. The average molecular weight is 323 g/mol. The lowest BCUT2D eigenvalue weighted by atomic mass is 10.00. The fourth-order valence-corrected chi connectivity index (χ4v) is 1.90. The quantitative estimate of drug-likeness (QED) is 0.867. The van der Waals surface area contributed by atoms with Crippen molar-refractivity contribution >= 4 is 34.3 Å². The van der Waals surface area contributed by atoms with Gasteiger partial charge in [0.2, 0.25) is 0 Å². The van der Waals surface area contributed by atoms with Crippen molar-refractivity contribution in [2.24, 2.45) is 5.73 Å². The number of rotatable bonds is 4. The molecule has 2 N–H and O–H groups in total. The van der Waals surface area contributed by atoms with Crippen LogP contribution in [0.3, 0.4) is 0 Å². The van der Waals surface area contributed by atoms with Crippen LogP contribution in [0.4, 0.5) is 0 Å². The summed E-state index contributed by atoms with van der Waals surface area (Å²) >= 11 is 3.39. The van der Waals surface area contributed by atoms with Crippen molar-refractivity contribution in [1.82, 2.24) is 0 Å². The Balaban J connectivity index is 0.00000256. The third-order valence-corrected chi connectivity index (χ3v) is 2.83. The summed E-state index contributed by atoms with van der Waals surface area (Å²) in [6.45, 7) is 4.16. The van der Waals surface area contributed by atoms with E-state index in [2.05, 4.69) is 15.9 Å². The van der Waals surface area contributed by atoms with Crippen LogP contribution in [-0.2, 0) is 9.53 Å². The minimum atomic E-state index is -0.309. The molecule has 0 saturated carbocycles. The van der Waals surface area contributed by atoms with Crippen LogP contribution in [-0.4, -0.2) is 12.6 Å². The largest absolute Gasteiger partial charge is 0.466 e. The van der Waals surface area contributed by atoms with Crippen LogP contribution in [0, 0.1) is 6.92 Å². The third kappa shape index (κ3) is 5.06. The van der Waals surface area contributed by atoms with E-state index < -0.39 is 0 Å². The van der Waals surface area contributed by atoms with Crippen LogP contribution in [0.25, 0.3) is 0 Å². The molecule has 0 spiro atoms. The summed E-state index contributed by atoms with van der Waals surface area (Å²) < 4.78 is 5.84. The van der Waals surface area contributed by atoms with Gasteiger partial charge in [0, 0.05) is 10.5 Å². The van der Waals surface area contributed by atoms with Gasteiger partial charge in [-0.1, -0.05) is 22.0 Å². The van der Waals surface area contributed by atoms with Gasteiger partial charge in [-0.2, -0.15) is 0 Å². The molecule has 0 unspecified atom stereocenters. The van der Waals surface area contributed by atoms with Crippen molar-refractivity contribution in [3.8, 4) is 0 Å². The number of nitrogens with two attached hydrogens (primary N) is 1. The molecule has 96 valence electrons. The van der Waals surface area contributed by atoms with E-state index in [1.54, 1.807) is 6.92 Å². The lowest BCUT2D eigenvalue weighted by Gasteiger charge is -2.14. The first-order valence-corrected chi connectivity index (χ1v) is 6.01. The van der Waals surface area contributed by atoms with E-state index in [0.717, 1.165) is 15.6 Å². The number of esters is 1. The van der Waals surface area contributed by atoms with Gasteiger partial charge in [0.05, 0.1) is 13.0 Å². The average Bonchev–Trinajstić information content (AvgIpc) is 2.21. The molecule has 3 nitrogen and oxygen atoms in total. The molecule has 0 aliphatic heterocycles. The van der Waals surface area contributed by atoms with Crippen LogP contribution in [0.1, 0.15) is 30.5 Å². The van der Waals surface area contributed by atoms with Crippen LogP contribution in [0.5, 0.6) is 0 Å². The van der Waals surface area contributed by atoms with Gasteiger partial charge < -0.3 is 10.5 Å². The second-order valence-electron chi connectivity index (χ2n) is 3.62. The molecule has 0 heterocycles. The molecule has 0 radical (unpaired) electrons. The van der Waals surface area contributed by atoms with Gasteiger partial charge in [-0.05, 0) is 37.1 Å². The predicted octanol–water partition coefficient (Wildman–Crippen LogP) is 3.13. The number of hydrogen-bond donors (Lipinski definition) is 1. The van der Waals surface area contributed by atoms with Crippen molar-refractivity contribution in [3.05, 3.63) is 33.8 Å². The van der Waals surface area contributed by atoms with E-state index in [0.29, 0.717) is 6.61 Å². The molecule has 0 saturated heterocycles. The van der Waals surface area contributed by atoms with Crippen molar-refractivity contribution in [2.75, 3.05) is 6.61 Å². The lowest BCUT2D eigenvalue weighted by Crippen LogP contribution is -2.18. The monoisotopic (exact) mass is 321 g/mol. The number of carbonyl (C=O) groups is 1. The highest BCUT2D eigenvalue weighted by Crippen LogP contribution is 2.23. The minimum absolute atomic E-state index is 0. The van der Waals surface area contributed by atoms with Crippen molar-refractivity contribution in [3.63, 3.8) is 0 Å². The first kappa shape index (κ1) is 16.4. The van der Waals surface area contributed by atoms with Gasteiger partial charge in [-0.15, -0.1) is 12.4 Å². The Morgan fingerprint density at radius 2 is 2.18 bits per heavy atom. The Labute approximate surface area is 116 Å². The first-order valence-electron chi connectivity index (χ1n) is 5.21. The zero-order valence-corrected chi connectivity index (χ0v) is 12.3. The number of benzene rings is 1. The maximum Gasteiger partial charge on any atom is 0.307 e. The molecule has 1 atom stereocenters. The molecule has 0 aliphatic rings. The summed E-state index contributed by atoms with van der Waals surface area (Å²) in [6, 6.07) is 5.57. The SMILES string of the molecule is CCOC(=O)C[C@@H](N)c1cc(Br)ccc1C.Cl. The van der Waals surface area contributed by atoms with Gasteiger partial charge in [0.15, 0.2) is 0 Å². The van der Waals surface area contributed by atoms with Gasteiger partial charge in [-0.3, -0.25) is 4.79 Å². The number of hydrogen-bond acceptors (Lipinski definition) is 3. The second kappa shape index (κ2) is 7.69. The summed E-state index contributed by atoms with van der Waals surface area (Å²) in [7, 11) is 0. The highest BCUT2D eigenvalue weighted by molar-refractivity contribution is 9.10. The standard InChI is InChI=1S/C12H16BrNO2.ClH/c1-3-16-12(15)7-11(14)10-6-9(13)5-4-8(10)2;/h4-6,11H,3,7,14H2,1-2H3;1H/t11-;/m1./s1. The van der Waals surface area contributed by atoms with Crippen LogP contribution >= 0.6 is 28.3 Å².